The SMILES string of the molecule is COc1ccc(CCCNCC[C@]2(O)CCc3cc(F)ccc3[C@H]2C(C)C)cc1. The average molecular weight is 400 g/mol. The number of hydrogen-bond acceptors (Lipinski definition) is 3. The van der Waals surface area contributed by atoms with Crippen LogP contribution in [0.5, 0.6) is 5.75 Å². The van der Waals surface area contributed by atoms with Gasteiger partial charge in [0.1, 0.15) is 11.6 Å². The molecule has 29 heavy (non-hydrogen) atoms. The minimum Gasteiger partial charge on any atom is -0.497 e. The molecule has 4 heteroatoms. The molecule has 0 heterocycles. The minimum absolute atomic E-state index is 0.0490. The third-order valence-corrected chi connectivity index (χ3v) is 6.23. The molecule has 2 aromatic carbocycles. The number of methoxy groups -OCH3 is 1. The predicted octanol–water partition coefficient (Wildman–Crippen LogP) is 4.86. The number of fused-ring (bicyclic) bond motifs is 1. The molecule has 0 aromatic heterocycles. The first kappa shape index (κ1) is 21.8. The van der Waals surface area contributed by atoms with E-state index in [4.69, 9.17) is 4.74 Å². The average Bonchev–Trinajstić information content (AvgIpc) is 2.71. The number of benzene rings is 2. The quantitative estimate of drug-likeness (QED) is 0.592. The standard InChI is InChI=1S/C25H34FNO2/c1-18(2)24-23-11-8-21(26)17-20(23)12-13-25(24,28)14-16-27-15-4-5-19-6-9-22(29-3)10-7-19/h6-11,17-18,24,27-28H,4-5,12-16H2,1-3H3/t24-,25-/m1/s1. The van der Waals surface area contributed by atoms with Crippen LogP contribution in [-0.4, -0.2) is 30.9 Å². The molecular formula is C25H34FNO2. The van der Waals surface area contributed by atoms with Crippen molar-refractivity contribution in [3.63, 3.8) is 0 Å². The molecular weight excluding hydrogens is 365 g/mol. The van der Waals surface area contributed by atoms with E-state index >= 15 is 0 Å². The maximum atomic E-state index is 13.6. The Balaban J connectivity index is 1.49. The summed E-state index contributed by atoms with van der Waals surface area (Å²) in [5.41, 5.74) is 2.75. The highest BCUT2D eigenvalue weighted by Crippen LogP contribution is 2.45. The van der Waals surface area contributed by atoms with Gasteiger partial charge in [0.2, 0.25) is 0 Å². The zero-order valence-electron chi connectivity index (χ0n) is 17.9. The van der Waals surface area contributed by atoms with Gasteiger partial charge >= 0.3 is 0 Å². The van der Waals surface area contributed by atoms with Gasteiger partial charge in [0, 0.05) is 5.92 Å². The van der Waals surface area contributed by atoms with Crippen LogP contribution in [0.25, 0.3) is 0 Å². The lowest BCUT2D eigenvalue weighted by molar-refractivity contribution is -0.0241. The van der Waals surface area contributed by atoms with Gasteiger partial charge < -0.3 is 15.2 Å². The Morgan fingerprint density at radius 1 is 1.17 bits per heavy atom. The molecule has 158 valence electrons. The fraction of sp³-hybridized carbons (Fsp3) is 0.520. The van der Waals surface area contributed by atoms with Gasteiger partial charge in [0.15, 0.2) is 0 Å². The summed E-state index contributed by atoms with van der Waals surface area (Å²) < 4.78 is 18.8. The van der Waals surface area contributed by atoms with Crippen LogP contribution in [0.15, 0.2) is 42.5 Å². The Bertz CT molecular complexity index is 790. The van der Waals surface area contributed by atoms with Gasteiger partial charge in [-0.15, -0.1) is 0 Å². The summed E-state index contributed by atoms with van der Waals surface area (Å²) in [6.45, 7) is 6.02. The third kappa shape index (κ3) is 5.37. The number of aryl methyl sites for hydroxylation is 2. The topological polar surface area (TPSA) is 41.5 Å². The van der Waals surface area contributed by atoms with Crippen LogP contribution < -0.4 is 10.1 Å². The molecule has 0 bridgehead atoms. The van der Waals surface area contributed by atoms with E-state index < -0.39 is 5.60 Å². The molecule has 1 aliphatic carbocycles. The zero-order chi connectivity index (χ0) is 20.9. The highest BCUT2D eigenvalue weighted by atomic mass is 19.1. The van der Waals surface area contributed by atoms with Gasteiger partial charge in [-0.25, -0.2) is 4.39 Å². The lowest BCUT2D eigenvalue weighted by atomic mass is 9.66. The van der Waals surface area contributed by atoms with Crippen molar-refractivity contribution in [1.29, 1.82) is 0 Å². The van der Waals surface area contributed by atoms with Crippen LogP contribution in [0, 0.1) is 11.7 Å². The fourth-order valence-electron chi connectivity index (χ4n) is 4.79. The van der Waals surface area contributed by atoms with Crippen molar-refractivity contribution in [3.8, 4) is 5.75 Å². The van der Waals surface area contributed by atoms with E-state index in [2.05, 4.69) is 31.3 Å². The zero-order valence-corrected chi connectivity index (χ0v) is 17.9. The van der Waals surface area contributed by atoms with Crippen LogP contribution in [0.2, 0.25) is 0 Å². The number of halogens is 1. The highest BCUT2D eigenvalue weighted by molar-refractivity contribution is 5.37. The van der Waals surface area contributed by atoms with Gasteiger partial charge in [0.25, 0.3) is 0 Å². The second-order valence-corrected chi connectivity index (χ2v) is 8.62. The highest BCUT2D eigenvalue weighted by Gasteiger charge is 2.42. The summed E-state index contributed by atoms with van der Waals surface area (Å²) in [6.07, 6.45) is 4.23. The van der Waals surface area contributed by atoms with Crippen molar-refractivity contribution >= 4 is 0 Å². The minimum atomic E-state index is -0.734. The summed E-state index contributed by atoms with van der Waals surface area (Å²) in [5.74, 6) is 1.05. The molecule has 2 N–H and O–H groups in total. The number of nitrogens with one attached hydrogen (secondary N) is 1. The largest absolute Gasteiger partial charge is 0.497 e. The molecule has 0 fully saturated rings. The van der Waals surface area contributed by atoms with Crippen molar-refractivity contribution in [1.82, 2.24) is 5.32 Å². The summed E-state index contributed by atoms with van der Waals surface area (Å²) in [5, 5.41) is 15.0. The number of aliphatic hydroxyl groups is 1. The summed E-state index contributed by atoms with van der Waals surface area (Å²) >= 11 is 0. The first-order chi connectivity index (χ1) is 13.9. The Hall–Kier alpha value is -1.91. The third-order valence-electron chi connectivity index (χ3n) is 6.23. The Kier molecular flexibility index (Phi) is 7.31. The van der Waals surface area contributed by atoms with E-state index in [-0.39, 0.29) is 11.7 Å². The van der Waals surface area contributed by atoms with Crippen LogP contribution in [-0.2, 0) is 12.8 Å². The Morgan fingerprint density at radius 2 is 1.93 bits per heavy atom. The van der Waals surface area contributed by atoms with Crippen LogP contribution in [0.3, 0.4) is 0 Å². The Morgan fingerprint density at radius 3 is 2.62 bits per heavy atom. The molecule has 2 aromatic rings. The summed E-state index contributed by atoms with van der Waals surface area (Å²) in [7, 11) is 1.68. The molecule has 0 unspecified atom stereocenters. The van der Waals surface area contributed by atoms with Crippen molar-refractivity contribution in [2.75, 3.05) is 20.2 Å². The van der Waals surface area contributed by atoms with E-state index in [0.717, 1.165) is 55.6 Å². The van der Waals surface area contributed by atoms with E-state index in [1.54, 1.807) is 13.2 Å². The van der Waals surface area contributed by atoms with E-state index in [9.17, 15) is 9.50 Å². The van der Waals surface area contributed by atoms with E-state index in [1.807, 2.05) is 18.2 Å². The summed E-state index contributed by atoms with van der Waals surface area (Å²) in [4.78, 5) is 0. The molecule has 0 saturated heterocycles. The maximum Gasteiger partial charge on any atom is 0.123 e. The van der Waals surface area contributed by atoms with E-state index in [0.29, 0.717) is 12.3 Å². The van der Waals surface area contributed by atoms with Crippen molar-refractivity contribution in [3.05, 3.63) is 65.0 Å². The van der Waals surface area contributed by atoms with Crippen molar-refractivity contribution < 1.29 is 14.2 Å². The molecule has 1 aliphatic rings. The molecule has 0 spiro atoms. The normalized spacial score (nSPS) is 21.2. The Labute approximate surface area is 174 Å². The molecule has 0 radical (unpaired) electrons. The second kappa shape index (κ2) is 9.73. The number of rotatable bonds is 9. The van der Waals surface area contributed by atoms with Gasteiger partial charge in [-0.3, -0.25) is 0 Å². The van der Waals surface area contributed by atoms with E-state index in [1.165, 1.54) is 11.6 Å². The van der Waals surface area contributed by atoms with Gasteiger partial charge in [-0.1, -0.05) is 32.0 Å². The predicted molar refractivity (Wildman–Crippen MR) is 116 cm³/mol. The van der Waals surface area contributed by atoms with Gasteiger partial charge in [0.05, 0.1) is 12.7 Å². The molecule has 0 amide bonds. The molecule has 0 aliphatic heterocycles. The first-order valence-corrected chi connectivity index (χ1v) is 10.8. The lowest BCUT2D eigenvalue weighted by Crippen LogP contribution is -2.45. The van der Waals surface area contributed by atoms with Crippen molar-refractivity contribution in [2.24, 2.45) is 5.92 Å². The molecule has 2 atom stereocenters. The molecule has 3 rings (SSSR count). The summed E-state index contributed by atoms with van der Waals surface area (Å²) in [6, 6.07) is 13.3. The monoisotopic (exact) mass is 399 g/mol. The molecule has 3 nitrogen and oxygen atoms in total. The van der Waals surface area contributed by atoms with Gasteiger partial charge in [-0.05, 0) is 92.1 Å². The maximum absolute atomic E-state index is 13.6. The van der Waals surface area contributed by atoms with Crippen LogP contribution >= 0.6 is 0 Å². The number of ether oxygens (including phenoxy) is 1. The van der Waals surface area contributed by atoms with Gasteiger partial charge in [-0.2, -0.15) is 0 Å². The fourth-order valence-corrected chi connectivity index (χ4v) is 4.79. The smallest absolute Gasteiger partial charge is 0.123 e. The lowest BCUT2D eigenvalue weighted by Gasteiger charge is -2.44. The molecule has 0 saturated carbocycles. The first-order valence-electron chi connectivity index (χ1n) is 10.8. The number of hydrogen-bond donors (Lipinski definition) is 2. The van der Waals surface area contributed by atoms with Crippen LogP contribution in [0.1, 0.15) is 55.7 Å². The van der Waals surface area contributed by atoms with Crippen molar-refractivity contribution in [2.45, 2.75) is 57.5 Å². The van der Waals surface area contributed by atoms with Crippen LogP contribution in [0.4, 0.5) is 4.39 Å². The second-order valence-electron chi connectivity index (χ2n) is 8.62.